The second kappa shape index (κ2) is 5.95. The van der Waals surface area contributed by atoms with Crippen molar-refractivity contribution in [2.75, 3.05) is 7.11 Å². The van der Waals surface area contributed by atoms with Gasteiger partial charge in [-0.05, 0) is 49.1 Å². The third-order valence-corrected chi connectivity index (χ3v) is 2.46. The van der Waals surface area contributed by atoms with Crippen molar-refractivity contribution in [2.24, 2.45) is 0 Å². The summed E-state index contributed by atoms with van der Waals surface area (Å²) in [6, 6.07) is 5.50. The zero-order chi connectivity index (χ0) is 12.0. The number of esters is 1. The van der Waals surface area contributed by atoms with E-state index in [4.69, 9.17) is 5.11 Å². The maximum Gasteiger partial charge on any atom is 0.337 e. The first kappa shape index (κ1) is 12.3. The summed E-state index contributed by atoms with van der Waals surface area (Å²) in [5.74, 6) is -0.320. The zero-order valence-corrected chi connectivity index (χ0v) is 9.56. The van der Waals surface area contributed by atoms with Crippen LogP contribution in [0.15, 0.2) is 30.5 Å². The van der Waals surface area contributed by atoms with Crippen LogP contribution in [0.2, 0.25) is 0 Å². The van der Waals surface area contributed by atoms with Gasteiger partial charge in [-0.25, -0.2) is 4.79 Å². The molecule has 1 N–H and O–H groups in total. The number of hydrogen-bond donors (Lipinski definition) is 1. The second-order valence-corrected chi connectivity index (χ2v) is 3.56. The van der Waals surface area contributed by atoms with Gasteiger partial charge in [-0.3, -0.25) is 0 Å². The van der Waals surface area contributed by atoms with Crippen molar-refractivity contribution in [1.29, 1.82) is 0 Å². The first-order chi connectivity index (χ1) is 7.69. The average Bonchev–Trinajstić information content (AvgIpc) is 2.31. The second-order valence-electron chi connectivity index (χ2n) is 3.56. The number of aliphatic hydroxyl groups is 1. The van der Waals surface area contributed by atoms with Crippen LogP contribution in [0.4, 0.5) is 0 Å². The molecule has 86 valence electrons. The van der Waals surface area contributed by atoms with Crippen molar-refractivity contribution >= 4 is 5.97 Å². The Morgan fingerprint density at radius 1 is 1.50 bits per heavy atom. The monoisotopic (exact) mass is 220 g/mol. The van der Waals surface area contributed by atoms with E-state index in [2.05, 4.69) is 4.74 Å². The van der Waals surface area contributed by atoms with E-state index in [0.717, 1.165) is 30.2 Å². The highest BCUT2D eigenvalue weighted by atomic mass is 16.5. The molecule has 1 aromatic carbocycles. The van der Waals surface area contributed by atoms with Gasteiger partial charge in [0, 0.05) is 0 Å². The van der Waals surface area contributed by atoms with E-state index in [9.17, 15) is 4.79 Å². The van der Waals surface area contributed by atoms with Crippen LogP contribution >= 0.6 is 0 Å². The number of ether oxygens (including phenoxy) is 1. The molecule has 0 fully saturated rings. The molecule has 0 amide bonds. The Morgan fingerprint density at radius 3 is 2.88 bits per heavy atom. The molecule has 16 heavy (non-hydrogen) atoms. The van der Waals surface area contributed by atoms with Crippen LogP contribution in [0.25, 0.3) is 0 Å². The fraction of sp³-hybridized carbons (Fsp3) is 0.308. The molecule has 0 saturated heterocycles. The summed E-state index contributed by atoms with van der Waals surface area (Å²) in [4.78, 5) is 11.3. The van der Waals surface area contributed by atoms with E-state index >= 15 is 0 Å². The molecule has 0 bridgehead atoms. The van der Waals surface area contributed by atoms with Crippen molar-refractivity contribution in [2.45, 2.75) is 19.8 Å². The average molecular weight is 220 g/mol. The summed E-state index contributed by atoms with van der Waals surface area (Å²) in [5.41, 5.74) is 2.80. The molecule has 0 spiro atoms. The lowest BCUT2D eigenvalue weighted by molar-refractivity contribution is 0.0600. The Labute approximate surface area is 95.4 Å². The molecule has 0 aliphatic carbocycles. The number of benzene rings is 1. The highest BCUT2D eigenvalue weighted by molar-refractivity contribution is 5.89. The van der Waals surface area contributed by atoms with Gasteiger partial charge in [0.05, 0.1) is 18.9 Å². The van der Waals surface area contributed by atoms with Crippen molar-refractivity contribution < 1.29 is 14.6 Å². The highest BCUT2D eigenvalue weighted by Gasteiger charge is 2.07. The van der Waals surface area contributed by atoms with E-state index in [-0.39, 0.29) is 5.97 Å². The lowest BCUT2D eigenvalue weighted by Crippen LogP contribution is -2.02. The van der Waals surface area contributed by atoms with Crippen LogP contribution in [0.5, 0.6) is 0 Å². The van der Waals surface area contributed by atoms with Crippen LogP contribution in [-0.4, -0.2) is 18.2 Å². The number of carbonyl (C=O) groups excluding carboxylic acids is 1. The molecule has 0 aromatic heterocycles. The van der Waals surface area contributed by atoms with Crippen LogP contribution < -0.4 is 0 Å². The van der Waals surface area contributed by atoms with Crippen molar-refractivity contribution in [3.8, 4) is 0 Å². The van der Waals surface area contributed by atoms with Crippen LogP contribution in [0.1, 0.15) is 27.9 Å². The summed E-state index contributed by atoms with van der Waals surface area (Å²) < 4.78 is 4.66. The lowest BCUT2D eigenvalue weighted by Gasteiger charge is -2.06. The molecule has 1 aromatic rings. The van der Waals surface area contributed by atoms with Gasteiger partial charge in [0.15, 0.2) is 0 Å². The minimum atomic E-state index is -0.320. The minimum absolute atomic E-state index is 0.320. The van der Waals surface area contributed by atoms with E-state index < -0.39 is 0 Å². The molecular weight excluding hydrogens is 204 g/mol. The van der Waals surface area contributed by atoms with Crippen LogP contribution in [0.3, 0.4) is 0 Å². The Balaban J connectivity index is 2.86. The number of allylic oxidation sites excluding steroid dienone is 1. The first-order valence-corrected chi connectivity index (χ1v) is 5.16. The molecule has 1 rings (SSSR count). The van der Waals surface area contributed by atoms with E-state index in [1.807, 2.05) is 19.1 Å². The SMILES string of the molecule is COC(=O)c1ccc(C)c(CCC=CO)c1. The maximum absolute atomic E-state index is 11.3. The van der Waals surface area contributed by atoms with Crippen LogP contribution in [-0.2, 0) is 11.2 Å². The Bertz CT molecular complexity index is 394. The smallest absolute Gasteiger partial charge is 0.337 e. The predicted molar refractivity (Wildman–Crippen MR) is 62.6 cm³/mol. The highest BCUT2D eigenvalue weighted by Crippen LogP contribution is 2.14. The molecule has 0 unspecified atom stereocenters. The third-order valence-electron chi connectivity index (χ3n) is 2.46. The molecule has 0 heterocycles. The van der Waals surface area contributed by atoms with Gasteiger partial charge in [-0.15, -0.1) is 0 Å². The van der Waals surface area contributed by atoms with Crippen LogP contribution in [0, 0.1) is 6.92 Å². The minimum Gasteiger partial charge on any atom is -0.516 e. The third kappa shape index (κ3) is 3.12. The predicted octanol–water partition coefficient (Wildman–Crippen LogP) is 2.79. The number of hydrogen-bond acceptors (Lipinski definition) is 3. The van der Waals surface area contributed by atoms with Gasteiger partial charge >= 0.3 is 5.97 Å². The number of aliphatic hydroxyl groups excluding tert-OH is 1. The summed E-state index contributed by atoms with van der Waals surface area (Å²) in [6.45, 7) is 2.00. The fourth-order valence-corrected chi connectivity index (χ4v) is 1.50. The van der Waals surface area contributed by atoms with Gasteiger partial charge in [0.2, 0.25) is 0 Å². The van der Waals surface area contributed by atoms with Gasteiger partial charge in [-0.1, -0.05) is 6.07 Å². The van der Waals surface area contributed by atoms with Gasteiger partial charge in [0.1, 0.15) is 0 Å². The standard InChI is InChI=1S/C13H16O3/c1-10-6-7-12(13(15)16-2)9-11(10)5-3-4-8-14/h4,6-9,14H,3,5H2,1-2H3. The molecule has 3 heteroatoms. The molecule has 0 aliphatic heterocycles. The van der Waals surface area contributed by atoms with E-state index in [1.54, 1.807) is 12.1 Å². The van der Waals surface area contributed by atoms with E-state index in [1.165, 1.54) is 7.11 Å². The quantitative estimate of drug-likeness (QED) is 0.627. The summed E-state index contributed by atoms with van der Waals surface area (Å²) in [5, 5.41) is 8.54. The van der Waals surface area contributed by atoms with Crippen molar-refractivity contribution in [3.05, 3.63) is 47.2 Å². The molecule has 0 radical (unpaired) electrons. The van der Waals surface area contributed by atoms with Gasteiger partial charge in [0.25, 0.3) is 0 Å². The molecule has 0 aliphatic rings. The number of rotatable bonds is 4. The summed E-state index contributed by atoms with van der Waals surface area (Å²) >= 11 is 0. The zero-order valence-electron chi connectivity index (χ0n) is 9.56. The van der Waals surface area contributed by atoms with E-state index in [0.29, 0.717) is 5.56 Å². The Kier molecular flexibility index (Phi) is 4.58. The topological polar surface area (TPSA) is 46.5 Å². The molecular formula is C13H16O3. The molecule has 0 atom stereocenters. The maximum atomic E-state index is 11.3. The van der Waals surface area contributed by atoms with Gasteiger partial charge < -0.3 is 9.84 Å². The van der Waals surface area contributed by atoms with Crippen molar-refractivity contribution in [3.63, 3.8) is 0 Å². The normalized spacial score (nSPS) is 10.6. The Morgan fingerprint density at radius 2 is 2.25 bits per heavy atom. The number of aryl methyl sites for hydroxylation is 2. The number of methoxy groups -OCH3 is 1. The fourth-order valence-electron chi connectivity index (χ4n) is 1.50. The largest absolute Gasteiger partial charge is 0.516 e. The van der Waals surface area contributed by atoms with Crippen molar-refractivity contribution in [1.82, 2.24) is 0 Å². The molecule has 3 nitrogen and oxygen atoms in total. The molecule has 0 saturated carbocycles. The van der Waals surface area contributed by atoms with Gasteiger partial charge in [-0.2, -0.15) is 0 Å². The first-order valence-electron chi connectivity index (χ1n) is 5.16. The number of carbonyl (C=O) groups is 1. The summed E-state index contributed by atoms with van der Waals surface area (Å²) in [6.07, 6.45) is 4.28. The lowest BCUT2D eigenvalue weighted by atomic mass is 10.0. The summed E-state index contributed by atoms with van der Waals surface area (Å²) in [7, 11) is 1.37. The Hall–Kier alpha value is -1.77.